The van der Waals surface area contributed by atoms with Gasteiger partial charge in [0.05, 0.1) is 11.5 Å². The predicted molar refractivity (Wildman–Crippen MR) is 105 cm³/mol. The molecule has 0 N–H and O–H groups in total. The molecule has 2 aliphatic rings. The van der Waals surface area contributed by atoms with Crippen LogP contribution < -0.4 is 0 Å². The molecule has 1 aromatic rings. The molecule has 1 aliphatic heterocycles. The Morgan fingerprint density at radius 3 is 2.58 bits per heavy atom. The van der Waals surface area contributed by atoms with E-state index in [0.29, 0.717) is 25.3 Å². The number of sulfone groups is 1. The second-order valence-corrected chi connectivity index (χ2v) is 10.4. The lowest BCUT2D eigenvalue weighted by molar-refractivity contribution is -0.133. The van der Waals surface area contributed by atoms with Crippen LogP contribution in [0.4, 0.5) is 0 Å². The van der Waals surface area contributed by atoms with Gasteiger partial charge >= 0.3 is 0 Å². The number of fused-ring (bicyclic) bond motifs is 1. The molecule has 0 spiro atoms. The summed E-state index contributed by atoms with van der Waals surface area (Å²) < 4.78 is 23.6. The van der Waals surface area contributed by atoms with Crippen LogP contribution in [0.5, 0.6) is 0 Å². The third-order valence-electron chi connectivity index (χ3n) is 6.06. The first-order valence-corrected chi connectivity index (χ1v) is 11.7. The number of rotatable bonds is 6. The Morgan fingerprint density at radius 2 is 1.96 bits per heavy atom. The maximum Gasteiger partial charge on any atom is 0.223 e. The molecular formula is C21H31NO3S. The molecule has 1 amide bonds. The summed E-state index contributed by atoms with van der Waals surface area (Å²) in [4.78, 5) is 14.8. The van der Waals surface area contributed by atoms with Crippen molar-refractivity contribution in [3.8, 4) is 0 Å². The molecular weight excluding hydrogens is 346 g/mol. The molecule has 2 unspecified atom stereocenters. The van der Waals surface area contributed by atoms with Gasteiger partial charge in [-0.2, -0.15) is 0 Å². The highest BCUT2D eigenvalue weighted by molar-refractivity contribution is 7.91. The maximum absolute atomic E-state index is 13.0. The predicted octanol–water partition coefficient (Wildman–Crippen LogP) is 3.34. The highest BCUT2D eigenvalue weighted by Gasteiger charge is 2.35. The Labute approximate surface area is 157 Å². The number of carbonyl (C=O) groups excluding carboxylic acids is 1. The fraction of sp³-hybridized carbons (Fsp3) is 0.667. The Balaban J connectivity index is 1.76. The van der Waals surface area contributed by atoms with E-state index in [0.717, 1.165) is 6.42 Å². The summed E-state index contributed by atoms with van der Waals surface area (Å²) in [7, 11) is -2.98. The zero-order valence-corrected chi connectivity index (χ0v) is 17.0. The van der Waals surface area contributed by atoms with Crippen molar-refractivity contribution < 1.29 is 13.2 Å². The van der Waals surface area contributed by atoms with E-state index in [1.54, 1.807) is 4.90 Å². The van der Waals surface area contributed by atoms with Crippen LogP contribution >= 0.6 is 0 Å². The number of nitrogens with zero attached hydrogens (tertiary/aromatic N) is 1. The van der Waals surface area contributed by atoms with Crippen LogP contribution in [-0.2, 0) is 27.5 Å². The average molecular weight is 378 g/mol. The maximum atomic E-state index is 13.0. The van der Waals surface area contributed by atoms with Gasteiger partial charge in [-0.1, -0.05) is 32.0 Å². The van der Waals surface area contributed by atoms with Crippen molar-refractivity contribution in [2.24, 2.45) is 5.92 Å². The number of carbonyl (C=O) groups is 1. The van der Waals surface area contributed by atoms with Crippen molar-refractivity contribution in [3.05, 3.63) is 34.9 Å². The highest BCUT2D eigenvalue weighted by Crippen LogP contribution is 2.33. The SMILES string of the molecule is CCN(C(=O)CC(c1ccc2c(c1)CCC2)C(C)C)C1CCS(=O)(=O)C1. The standard InChI is InChI=1S/C21H31NO3S/c1-4-22(19-10-11-26(24,25)14-19)21(23)13-20(15(2)3)18-9-8-16-6-5-7-17(16)12-18/h8-9,12,15,19-20H,4-7,10-11,13-14H2,1-3H3. The Bertz CT molecular complexity index is 769. The van der Waals surface area contributed by atoms with E-state index in [1.807, 2.05) is 6.92 Å². The van der Waals surface area contributed by atoms with Crippen LogP contribution in [0.2, 0.25) is 0 Å². The van der Waals surface area contributed by atoms with Gasteiger partial charge in [-0.3, -0.25) is 4.79 Å². The fourth-order valence-electron chi connectivity index (χ4n) is 4.53. The van der Waals surface area contributed by atoms with Gasteiger partial charge < -0.3 is 4.90 Å². The van der Waals surface area contributed by atoms with Crippen molar-refractivity contribution in [2.75, 3.05) is 18.1 Å². The molecule has 5 heteroatoms. The topological polar surface area (TPSA) is 54.5 Å². The van der Waals surface area contributed by atoms with Crippen molar-refractivity contribution in [3.63, 3.8) is 0 Å². The van der Waals surface area contributed by atoms with Gasteiger partial charge in [0.25, 0.3) is 0 Å². The van der Waals surface area contributed by atoms with Crippen molar-refractivity contribution in [1.29, 1.82) is 0 Å². The normalized spacial score (nSPS) is 22.4. The molecule has 0 saturated carbocycles. The quantitative estimate of drug-likeness (QED) is 0.764. The van der Waals surface area contributed by atoms with Gasteiger partial charge in [0.2, 0.25) is 5.91 Å². The molecule has 1 aliphatic carbocycles. The first kappa shape index (κ1) is 19.4. The molecule has 144 valence electrons. The van der Waals surface area contributed by atoms with Crippen molar-refractivity contribution in [2.45, 2.75) is 64.8 Å². The summed E-state index contributed by atoms with van der Waals surface area (Å²) in [5, 5.41) is 0. The molecule has 0 radical (unpaired) electrons. The van der Waals surface area contributed by atoms with E-state index >= 15 is 0 Å². The lowest BCUT2D eigenvalue weighted by Gasteiger charge is -2.30. The van der Waals surface area contributed by atoms with E-state index in [-0.39, 0.29) is 29.4 Å². The highest BCUT2D eigenvalue weighted by atomic mass is 32.2. The lowest BCUT2D eigenvalue weighted by atomic mass is 9.84. The monoisotopic (exact) mass is 377 g/mol. The molecule has 1 heterocycles. The lowest BCUT2D eigenvalue weighted by Crippen LogP contribution is -2.41. The van der Waals surface area contributed by atoms with Gasteiger partial charge in [-0.25, -0.2) is 8.42 Å². The Morgan fingerprint density at radius 1 is 1.23 bits per heavy atom. The zero-order valence-electron chi connectivity index (χ0n) is 16.2. The molecule has 1 saturated heterocycles. The van der Waals surface area contributed by atoms with Crippen LogP contribution in [0.3, 0.4) is 0 Å². The van der Waals surface area contributed by atoms with E-state index in [9.17, 15) is 13.2 Å². The largest absolute Gasteiger partial charge is 0.339 e. The first-order valence-electron chi connectivity index (χ1n) is 9.92. The van der Waals surface area contributed by atoms with E-state index in [2.05, 4.69) is 32.0 Å². The minimum absolute atomic E-state index is 0.0915. The number of aryl methyl sites for hydroxylation is 2. The molecule has 26 heavy (non-hydrogen) atoms. The van der Waals surface area contributed by atoms with E-state index < -0.39 is 9.84 Å². The van der Waals surface area contributed by atoms with Crippen LogP contribution in [0.15, 0.2) is 18.2 Å². The third-order valence-corrected chi connectivity index (χ3v) is 7.81. The van der Waals surface area contributed by atoms with Gasteiger partial charge in [0, 0.05) is 19.0 Å². The van der Waals surface area contributed by atoms with Crippen LogP contribution in [0, 0.1) is 5.92 Å². The second-order valence-electron chi connectivity index (χ2n) is 8.17. The number of hydrogen-bond acceptors (Lipinski definition) is 3. The van der Waals surface area contributed by atoms with Gasteiger partial charge in [0.1, 0.15) is 0 Å². The van der Waals surface area contributed by atoms with Gasteiger partial charge in [0.15, 0.2) is 9.84 Å². The summed E-state index contributed by atoms with van der Waals surface area (Å²) >= 11 is 0. The summed E-state index contributed by atoms with van der Waals surface area (Å²) in [5.74, 6) is 0.969. The molecule has 2 atom stereocenters. The second kappa shape index (κ2) is 7.71. The van der Waals surface area contributed by atoms with Crippen molar-refractivity contribution >= 4 is 15.7 Å². The molecule has 1 fully saturated rings. The molecule has 0 bridgehead atoms. The van der Waals surface area contributed by atoms with Gasteiger partial charge in [-0.15, -0.1) is 0 Å². The molecule has 1 aromatic carbocycles. The zero-order chi connectivity index (χ0) is 18.9. The number of hydrogen-bond donors (Lipinski definition) is 0. The Kier molecular flexibility index (Phi) is 5.75. The Hall–Kier alpha value is -1.36. The van der Waals surface area contributed by atoms with Crippen LogP contribution in [-0.4, -0.2) is 43.3 Å². The van der Waals surface area contributed by atoms with E-state index in [1.165, 1.54) is 29.5 Å². The molecule has 3 rings (SSSR count). The first-order chi connectivity index (χ1) is 12.3. The fourth-order valence-corrected chi connectivity index (χ4v) is 6.26. The molecule has 0 aromatic heterocycles. The summed E-state index contributed by atoms with van der Waals surface area (Å²) in [5.41, 5.74) is 4.15. The minimum atomic E-state index is -2.98. The number of amides is 1. The average Bonchev–Trinajstić information content (AvgIpc) is 3.18. The molecule has 4 nitrogen and oxygen atoms in total. The third kappa shape index (κ3) is 4.13. The van der Waals surface area contributed by atoms with Gasteiger partial charge in [-0.05, 0) is 61.1 Å². The van der Waals surface area contributed by atoms with Crippen LogP contribution in [0.1, 0.15) is 62.6 Å². The van der Waals surface area contributed by atoms with Crippen LogP contribution in [0.25, 0.3) is 0 Å². The minimum Gasteiger partial charge on any atom is -0.339 e. The number of benzene rings is 1. The van der Waals surface area contributed by atoms with E-state index in [4.69, 9.17) is 0 Å². The van der Waals surface area contributed by atoms with Crippen molar-refractivity contribution in [1.82, 2.24) is 4.90 Å². The summed E-state index contributed by atoms with van der Waals surface area (Å²) in [6.45, 7) is 6.86. The summed E-state index contributed by atoms with van der Waals surface area (Å²) in [6, 6.07) is 6.58. The summed E-state index contributed by atoms with van der Waals surface area (Å²) in [6.07, 6.45) is 4.57. The smallest absolute Gasteiger partial charge is 0.223 e.